The first-order valence-electron chi connectivity index (χ1n) is 2.84. The van der Waals surface area contributed by atoms with Crippen molar-refractivity contribution in [3.05, 3.63) is 0 Å². The molecule has 86 valence electrons. The largest absolute Gasteiger partial charge is 0.393 e. The molecule has 0 aromatic rings. The van der Waals surface area contributed by atoms with E-state index in [1.165, 1.54) is 0 Å². The summed E-state index contributed by atoms with van der Waals surface area (Å²) >= 11 is 0. The van der Waals surface area contributed by atoms with Crippen LogP contribution in [-0.4, -0.2) is 23.9 Å². The smallest absolute Gasteiger partial charge is 0.267 e. The number of rotatable bonds is 3. The second-order valence-corrected chi connectivity index (χ2v) is 2.39. The van der Waals surface area contributed by atoms with Crippen molar-refractivity contribution in [2.75, 3.05) is 0 Å². The molecule has 0 saturated carbocycles. The second kappa shape index (κ2) is 2.92. The molecular weight excluding hydrogens is 228 g/mol. The Hall–Kier alpha value is -0.640. The number of halogens is 8. The number of nitrogens with two attached hydrogens (primary N) is 2. The molecule has 0 rings (SSSR count). The molecule has 0 aromatic carbocycles. The van der Waals surface area contributed by atoms with Crippen molar-refractivity contribution in [3.63, 3.8) is 0 Å². The van der Waals surface area contributed by atoms with E-state index in [4.69, 9.17) is 0 Å². The molecule has 0 atom stereocenters. The van der Waals surface area contributed by atoms with Gasteiger partial charge in [0, 0.05) is 0 Å². The van der Waals surface area contributed by atoms with Gasteiger partial charge >= 0.3 is 23.9 Å². The highest BCUT2D eigenvalue weighted by atomic mass is 19.4. The van der Waals surface area contributed by atoms with Gasteiger partial charge in [0.25, 0.3) is 0 Å². The molecule has 0 heterocycles. The van der Waals surface area contributed by atoms with E-state index < -0.39 is 23.9 Å². The first-order valence-corrected chi connectivity index (χ1v) is 2.84. The molecule has 0 bridgehead atoms. The normalized spacial score (nSPS) is 15.9. The van der Waals surface area contributed by atoms with Gasteiger partial charge in [-0.3, -0.25) is 11.5 Å². The van der Waals surface area contributed by atoms with Crippen molar-refractivity contribution in [1.82, 2.24) is 0 Å². The van der Waals surface area contributed by atoms with Gasteiger partial charge in [0.2, 0.25) is 0 Å². The van der Waals surface area contributed by atoms with Gasteiger partial charge < -0.3 is 0 Å². The maximum absolute atomic E-state index is 12.0. The highest BCUT2D eigenvalue weighted by Crippen LogP contribution is 2.48. The quantitative estimate of drug-likeness (QED) is 0.570. The van der Waals surface area contributed by atoms with Crippen LogP contribution in [0, 0.1) is 0 Å². The van der Waals surface area contributed by atoms with Gasteiger partial charge in [0.1, 0.15) is 0 Å². The standard InChI is InChI=1S/C4H4F8N2/c5-1(6,3(9,10)13)2(7,8)4(11,12)14/h13-14H2. The number of hydrogen-bond donors (Lipinski definition) is 2. The topological polar surface area (TPSA) is 52.0 Å². The van der Waals surface area contributed by atoms with Gasteiger partial charge in [-0.25, -0.2) is 0 Å². The van der Waals surface area contributed by atoms with Gasteiger partial charge in [-0.15, -0.1) is 0 Å². The van der Waals surface area contributed by atoms with Gasteiger partial charge in [-0.2, -0.15) is 35.1 Å². The summed E-state index contributed by atoms with van der Waals surface area (Å²) in [6, 6.07) is -11.6. The van der Waals surface area contributed by atoms with Crippen molar-refractivity contribution in [2.45, 2.75) is 23.9 Å². The fraction of sp³-hybridized carbons (Fsp3) is 1.00. The molecule has 0 aromatic heterocycles. The number of hydrogen-bond acceptors (Lipinski definition) is 2. The zero-order valence-electron chi connectivity index (χ0n) is 6.18. The lowest BCUT2D eigenvalue weighted by molar-refractivity contribution is -0.363. The minimum atomic E-state index is -6.45. The van der Waals surface area contributed by atoms with Crippen LogP contribution >= 0.6 is 0 Å². The SMILES string of the molecule is NC(F)(F)C(F)(F)C(F)(F)C(N)(F)F. The monoisotopic (exact) mass is 232 g/mol. The summed E-state index contributed by atoms with van der Waals surface area (Å²) in [4.78, 5) is 0. The third-order valence-corrected chi connectivity index (χ3v) is 1.23. The molecule has 0 unspecified atom stereocenters. The van der Waals surface area contributed by atoms with Crippen molar-refractivity contribution in [3.8, 4) is 0 Å². The molecule has 4 N–H and O–H groups in total. The van der Waals surface area contributed by atoms with Crippen LogP contribution in [0.3, 0.4) is 0 Å². The minimum absolute atomic E-state index is 3.34. The Morgan fingerprint density at radius 2 is 0.643 bits per heavy atom. The van der Waals surface area contributed by atoms with E-state index in [1.807, 2.05) is 0 Å². The summed E-state index contributed by atoms with van der Waals surface area (Å²) in [6.45, 7) is 0. The third kappa shape index (κ3) is 1.75. The summed E-state index contributed by atoms with van der Waals surface area (Å²) in [6.07, 6.45) is 0. The molecule has 0 saturated heterocycles. The molecule has 0 radical (unpaired) electrons. The van der Waals surface area contributed by atoms with Crippen molar-refractivity contribution >= 4 is 0 Å². The Morgan fingerprint density at radius 3 is 0.714 bits per heavy atom. The highest BCUT2D eigenvalue weighted by Gasteiger charge is 2.78. The molecular formula is C4H4F8N2. The predicted molar refractivity (Wildman–Crippen MR) is 28.2 cm³/mol. The van der Waals surface area contributed by atoms with Crippen LogP contribution in [0.15, 0.2) is 0 Å². The minimum Gasteiger partial charge on any atom is -0.267 e. The van der Waals surface area contributed by atoms with Crippen LogP contribution in [0.1, 0.15) is 0 Å². The summed E-state index contributed by atoms with van der Waals surface area (Å²) in [7, 11) is 0. The Labute approximate surface area is 71.8 Å². The fourth-order valence-electron chi connectivity index (χ4n) is 0.419. The molecule has 14 heavy (non-hydrogen) atoms. The molecule has 0 fully saturated rings. The average molecular weight is 232 g/mol. The molecule has 0 amide bonds. The maximum atomic E-state index is 12.0. The van der Waals surface area contributed by atoms with E-state index in [0.717, 1.165) is 0 Å². The van der Waals surface area contributed by atoms with Crippen LogP contribution in [-0.2, 0) is 0 Å². The Bertz CT molecular complexity index is 188. The maximum Gasteiger partial charge on any atom is 0.393 e. The van der Waals surface area contributed by atoms with E-state index in [0.29, 0.717) is 0 Å². The highest BCUT2D eigenvalue weighted by molar-refractivity contribution is 4.99. The van der Waals surface area contributed by atoms with E-state index in [-0.39, 0.29) is 0 Å². The van der Waals surface area contributed by atoms with Gasteiger partial charge in [0.15, 0.2) is 0 Å². The second-order valence-electron chi connectivity index (χ2n) is 2.39. The third-order valence-electron chi connectivity index (χ3n) is 1.23. The first kappa shape index (κ1) is 13.4. The average Bonchev–Trinajstić information content (AvgIpc) is 1.81. The van der Waals surface area contributed by atoms with E-state index in [9.17, 15) is 35.1 Å². The van der Waals surface area contributed by atoms with Crippen LogP contribution in [0.25, 0.3) is 0 Å². The van der Waals surface area contributed by atoms with Crippen LogP contribution in [0.4, 0.5) is 35.1 Å². The van der Waals surface area contributed by atoms with Crippen molar-refractivity contribution < 1.29 is 35.1 Å². The molecule has 10 heteroatoms. The van der Waals surface area contributed by atoms with Crippen LogP contribution in [0.2, 0.25) is 0 Å². The lowest BCUT2D eigenvalue weighted by atomic mass is 10.1. The predicted octanol–water partition coefficient (Wildman–Crippen LogP) is 1.36. The van der Waals surface area contributed by atoms with E-state index in [1.54, 1.807) is 0 Å². The molecule has 0 aliphatic carbocycles. The van der Waals surface area contributed by atoms with E-state index in [2.05, 4.69) is 11.5 Å². The van der Waals surface area contributed by atoms with Gasteiger partial charge in [-0.05, 0) is 0 Å². The Balaban J connectivity index is 5.30. The summed E-state index contributed by atoms with van der Waals surface area (Å²) in [5.74, 6) is -12.9. The zero-order valence-corrected chi connectivity index (χ0v) is 6.18. The molecule has 2 nitrogen and oxygen atoms in total. The van der Waals surface area contributed by atoms with Crippen molar-refractivity contribution in [2.24, 2.45) is 11.5 Å². The summed E-state index contributed by atoms with van der Waals surface area (Å²) in [5, 5.41) is 0. The number of alkyl halides is 8. The summed E-state index contributed by atoms with van der Waals surface area (Å²) in [5.41, 5.74) is 6.69. The van der Waals surface area contributed by atoms with Gasteiger partial charge in [-0.1, -0.05) is 0 Å². The molecule has 0 aliphatic heterocycles. The Kier molecular flexibility index (Phi) is 2.79. The lowest BCUT2D eigenvalue weighted by Crippen LogP contribution is -2.67. The fourth-order valence-corrected chi connectivity index (χ4v) is 0.419. The zero-order chi connectivity index (χ0) is 12.0. The van der Waals surface area contributed by atoms with Crippen LogP contribution in [0.5, 0.6) is 0 Å². The molecule has 0 aliphatic rings. The molecule has 0 spiro atoms. The Morgan fingerprint density at radius 1 is 0.500 bits per heavy atom. The van der Waals surface area contributed by atoms with Gasteiger partial charge in [0.05, 0.1) is 0 Å². The van der Waals surface area contributed by atoms with E-state index >= 15 is 0 Å². The first-order chi connectivity index (χ1) is 5.75. The van der Waals surface area contributed by atoms with Crippen LogP contribution < -0.4 is 11.5 Å². The summed E-state index contributed by atoms with van der Waals surface area (Å²) < 4.78 is 94.8. The lowest BCUT2D eigenvalue weighted by Gasteiger charge is -2.32. The van der Waals surface area contributed by atoms with Crippen molar-refractivity contribution in [1.29, 1.82) is 0 Å².